The second-order valence-corrected chi connectivity index (χ2v) is 4.04. The van der Waals surface area contributed by atoms with Crippen LogP contribution in [0.15, 0.2) is 0 Å². The molecule has 0 aromatic rings. The summed E-state index contributed by atoms with van der Waals surface area (Å²) in [5.74, 6) is -0.480. The molecule has 1 atom stereocenters. The zero-order valence-electron chi connectivity index (χ0n) is 8.06. The normalized spacial score (nSPS) is 14.8. The predicted octanol–water partition coefficient (Wildman–Crippen LogP) is 1.47. The van der Waals surface area contributed by atoms with Gasteiger partial charge in [-0.25, -0.2) is 4.57 Å². The molecule has 0 aliphatic rings. The highest BCUT2D eigenvalue weighted by Crippen LogP contribution is 2.33. The Bertz CT molecular complexity index is 214. The Labute approximate surface area is 83.0 Å². The van der Waals surface area contributed by atoms with Crippen LogP contribution in [0.25, 0.3) is 0 Å². The van der Waals surface area contributed by atoms with Crippen molar-refractivity contribution in [2.24, 2.45) is 0 Å². The maximum absolute atomic E-state index is 10.9. The molecule has 6 nitrogen and oxygen atoms in total. The van der Waals surface area contributed by atoms with E-state index in [1.165, 1.54) is 0 Å². The van der Waals surface area contributed by atoms with E-state index in [9.17, 15) is 9.36 Å². The summed E-state index contributed by atoms with van der Waals surface area (Å²) in [6, 6.07) is 0. The van der Waals surface area contributed by atoms with Gasteiger partial charge in [0.1, 0.15) is 0 Å². The highest BCUT2D eigenvalue weighted by Gasteiger charge is 2.13. The summed E-state index contributed by atoms with van der Waals surface area (Å²) in [7, 11) is -4.28. The first-order chi connectivity index (χ1) is 6.45. The van der Waals surface area contributed by atoms with Crippen LogP contribution in [0.1, 0.15) is 32.6 Å². The molecule has 2 N–H and O–H groups in total. The largest absolute Gasteiger partial charge is 0.438 e. The van der Waals surface area contributed by atoms with Crippen molar-refractivity contribution >= 4 is 13.7 Å². The van der Waals surface area contributed by atoms with Crippen molar-refractivity contribution in [3.8, 4) is 0 Å². The van der Waals surface area contributed by atoms with Crippen LogP contribution in [0.4, 0.5) is 0 Å². The Morgan fingerprint density at radius 1 is 1.50 bits per heavy atom. The van der Waals surface area contributed by atoms with Crippen LogP contribution in [0.5, 0.6) is 0 Å². The fraction of sp³-hybridized carbons (Fsp3) is 0.857. The van der Waals surface area contributed by atoms with E-state index >= 15 is 0 Å². The summed E-state index contributed by atoms with van der Waals surface area (Å²) in [5.41, 5.74) is 6.44. The number of esters is 1. The van der Waals surface area contributed by atoms with Crippen molar-refractivity contribution in [1.29, 1.82) is 0 Å². The summed E-state index contributed by atoms with van der Waals surface area (Å²) in [6.45, 7) is 1.37. The van der Waals surface area contributed by atoms with E-state index in [1.807, 2.05) is 6.92 Å². The van der Waals surface area contributed by atoms with Gasteiger partial charge in [-0.15, -0.1) is 5.50 Å². The minimum absolute atomic E-state index is 0.269. The van der Waals surface area contributed by atoms with Gasteiger partial charge in [0, 0.05) is 6.42 Å². The number of hydrogen-bond donors (Lipinski definition) is 1. The van der Waals surface area contributed by atoms with Gasteiger partial charge >= 0.3 is 13.7 Å². The SMILES string of the molecule is CCCCCC(=O)OCOP([NH])(=O)O. The average Bonchev–Trinajstić information content (AvgIpc) is 2.02. The third kappa shape index (κ3) is 9.67. The van der Waals surface area contributed by atoms with Crippen molar-refractivity contribution in [2.45, 2.75) is 32.6 Å². The first-order valence-corrected chi connectivity index (χ1v) is 5.91. The second-order valence-electron chi connectivity index (χ2n) is 2.74. The highest BCUT2D eigenvalue weighted by atomic mass is 31.2. The minimum Gasteiger partial charge on any atom is -0.438 e. The summed E-state index contributed by atoms with van der Waals surface area (Å²) in [5, 5.41) is 0. The number of nitrogens with one attached hydrogen (secondary N) is 1. The third-order valence-electron chi connectivity index (χ3n) is 1.43. The van der Waals surface area contributed by atoms with Gasteiger partial charge in [0.25, 0.3) is 0 Å². The molecule has 0 amide bonds. The molecule has 0 bridgehead atoms. The van der Waals surface area contributed by atoms with Crippen LogP contribution in [-0.2, 0) is 18.6 Å². The van der Waals surface area contributed by atoms with E-state index in [1.54, 1.807) is 0 Å². The van der Waals surface area contributed by atoms with Crippen molar-refractivity contribution in [1.82, 2.24) is 5.50 Å². The average molecular weight is 224 g/mol. The topological polar surface area (TPSA) is 96.6 Å². The fourth-order valence-corrected chi connectivity index (χ4v) is 0.951. The molecule has 0 aliphatic carbocycles. The molecule has 0 fully saturated rings. The zero-order chi connectivity index (χ0) is 11.0. The Morgan fingerprint density at radius 2 is 2.14 bits per heavy atom. The first kappa shape index (κ1) is 13.6. The van der Waals surface area contributed by atoms with Gasteiger partial charge in [-0.3, -0.25) is 9.32 Å². The molecule has 83 valence electrons. The van der Waals surface area contributed by atoms with Gasteiger partial charge in [0.15, 0.2) is 0 Å². The van der Waals surface area contributed by atoms with Gasteiger partial charge < -0.3 is 9.63 Å². The van der Waals surface area contributed by atoms with Crippen LogP contribution in [-0.4, -0.2) is 17.7 Å². The lowest BCUT2D eigenvalue weighted by molar-refractivity contribution is -0.150. The van der Waals surface area contributed by atoms with Crippen LogP contribution in [0.3, 0.4) is 0 Å². The summed E-state index contributed by atoms with van der Waals surface area (Å²) >= 11 is 0. The van der Waals surface area contributed by atoms with Crippen LogP contribution in [0, 0.1) is 0 Å². The highest BCUT2D eigenvalue weighted by molar-refractivity contribution is 7.49. The van der Waals surface area contributed by atoms with Gasteiger partial charge in [0.05, 0.1) is 0 Å². The standard InChI is InChI=1S/C7H15NO5P/c1-2-3-4-5-7(9)12-6-13-14(8,10)11/h8H,2-6H2,1H3,(H,10,11). The maximum Gasteiger partial charge on any atom is 0.419 e. The van der Waals surface area contributed by atoms with Crippen molar-refractivity contribution in [3.63, 3.8) is 0 Å². The Morgan fingerprint density at radius 3 is 2.64 bits per heavy atom. The quantitative estimate of drug-likeness (QED) is 0.305. The molecule has 1 unspecified atom stereocenters. The summed E-state index contributed by atoms with van der Waals surface area (Å²) < 4.78 is 18.8. The van der Waals surface area contributed by atoms with Gasteiger partial charge in [-0.1, -0.05) is 19.8 Å². The second kappa shape index (κ2) is 6.95. The van der Waals surface area contributed by atoms with E-state index in [-0.39, 0.29) is 6.42 Å². The molecule has 0 aliphatic heterocycles. The molecule has 0 saturated heterocycles. The molecule has 14 heavy (non-hydrogen) atoms. The lowest BCUT2D eigenvalue weighted by atomic mass is 10.2. The first-order valence-electron chi connectivity index (χ1n) is 4.34. The van der Waals surface area contributed by atoms with Gasteiger partial charge in [0.2, 0.25) is 6.79 Å². The van der Waals surface area contributed by atoms with Gasteiger partial charge in [-0.2, -0.15) is 0 Å². The van der Waals surface area contributed by atoms with E-state index in [2.05, 4.69) is 9.26 Å². The smallest absolute Gasteiger partial charge is 0.419 e. The fourth-order valence-electron chi connectivity index (χ4n) is 0.755. The monoisotopic (exact) mass is 224 g/mol. The summed E-state index contributed by atoms with van der Waals surface area (Å²) in [4.78, 5) is 19.2. The Hall–Kier alpha value is -0.420. The minimum atomic E-state index is -4.28. The lowest BCUT2D eigenvalue weighted by Gasteiger charge is -2.06. The van der Waals surface area contributed by atoms with Crippen molar-refractivity contribution < 1.29 is 23.5 Å². The van der Waals surface area contributed by atoms with Gasteiger partial charge in [-0.05, 0) is 6.42 Å². The van der Waals surface area contributed by atoms with Crippen LogP contribution in [0.2, 0.25) is 0 Å². The van der Waals surface area contributed by atoms with Crippen LogP contribution >= 0.6 is 7.75 Å². The number of hydrogen-bond acceptors (Lipinski definition) is 4. The van der Waals surface area contributed by atoms with E-state index in [4.69, 9.17) is 10.4 Å². The van der Waals surface area contributed by atoms with Crippen LogP contribution < -0.4 is 5.50 Å². The van der Waals surface area contributed by atoms with Crippen molar-refractivity contribution in [3.05, 3.63) is 0 Å². The number of rotatable bonds is 7. The molecular formula is C7H15NO5P. The maximum atomic E-state index is 10.9. The molecule has 0 heterocycles. The third-order valence-corrected chi connectivity index (χ3v) is 1.89. The van der Waals surface area contributed by atoms with Crippen molar-refractivity contribution in [2.75, 3.05) is 6.79 Å². The molecular weight excluding hydrogens is 209 g/mol. The zero-order valence-corrected chi connectivity index (χ0v) is 8.96. The molecule has 0 aromatic heterocycles. The molecule has 0 saturated carbocycles. The summed E-state index contributed by atoms with van der Waals surface area (Å²) in [6.07, 6.45) is 2.94. The van der Waals surface area contributed by atoms with E-state index in [0.717, 1.165) is 19.3 Å². The number of ether oxygens (including phenoxy) is 1. The Kier molecular flexibility index (Phi) is 6.74. The molecule has 1 radical (unpaired) electrons. The Balaban J connectivity index is 3.41. The molecule has 0 spiro atoms. The van der Waals surface area contributed by atoms with E-state index < -0.39 is 20.5 Å². The number of carbonyl (C=O) groups is 1. The predicted molar refractivity (Wildman–Crippen MR) is 49.1 cm³/mol. The molecule has 0 rings (SSSR count). The molecule has 7 heteroatoms. The lowest BCUT2D eigenvalue weighted by Crippen LogP contribution is -2.07. The number of carbonyl (C=O) groups excluding carboxylic acids is 1. The number of unbranched alkanes of at least 4 members (excludes halogenated alkanes) is 2. The molecule has 0 aromatic carbocycles. The van der Waals surface area contributed by atoms with E-state index in [0.29, 0.717) is 0 Å².